The Balaban J connectivity index is 1.61. The molecule has 1 fully saturated rings. The van der Waals surface area contributed by atoms with Gasteiger partial charge in [0.25, 0.3) is 0 Å². The Labute approximate surface area is 190 Å². The van der Waals surface area contributed by atoms with E-state index in [4.69, 9.17) is 11.6 Å². The molecule has 2 heterocycles. The van der Waals surface area contributed by atoms with Crippen LogP contribution >= 0.6 is 23.4 Å². The first-order chi connectivity index (χ1) is 15.0. The van der Waals surface area contributed by atoms with Crippen LogP contribution in [0.25, 0.3) is 5.69 Å². The van der Waals surface area contributed by atoms with Gasteiger partial charge in [-0.1, -0.05) is 41.9 Å². The molecule has 1 atom stereocenters. The minimum Gasteiger partial charge on any atom is -0.296 e. The van der Waals surface area contributed by atoms with Crippen molar-refractivity contribution in [3.05, 3.63) is 70.8 Å². The summed E-state index contributed by atoms with van der Waals surface area (Å²) in [6, 6.07) is 13.2. The topological polar surface area (TPSA) is 51.0 Å². The van der Waals surface area contributed by atoms with Crippen LogP contribution in [0.3, 0.4) is 0 Å². The molecule has 0 bridgehead atoms. The number of carbonyl (C=O) groups is 1. The van der Waals surface area contributed by atoms with E-state index < -0.39 is 0 Å². The van der Waals surface area contributed by atoms with Gasteiger partial charge in [-0.2, -0.15) is 0 Å². The number of ketones is 1. The van der Waals surface area contributed by atoms with Gasteiger partial charge in [-0.3, -0.25) is 14.3 Å². The van der Waals surface area contributed by atoms with E-state index >= 15 is 0 Å². The van der Waals surface area contributed by atoms with Gasteiger partial charge in [0.05, 0.1) is 11.8 Å². The zero-order chi connectivity index (χ0) is 21.8. The summed E-state index contributed by atoms with van der Waals surface area (Å²) >= 11 is 7.39. The van der Waals surface area contributed by atoms with Crippen molar-refractivity contribution in [3.63, 3.8) is 0 Å². The molecule has 1 aliphatic rings. The van der Waals surface area contributed by atoms with Crippen LogP contribution in [-0.4, -0.2) is 43.8 Å². The first kappa shape index (κ1) is 22.0. The van der Waals surface area contributed by atoms with Crippen molar-refractivity contribution in [3.8, 4) is 5.69 Å². The number of hydrogen-bond acceptors (Lipinski definition) is 5. The minimum atomic E-state index is -0.385. The number of likely N-dealkylation sites (tertiary alicyclic amines) is 1. The molecule has 2 aromatic carbocycles. The highest BCUT2D eigenvalue weighted by Crippen LogP contribution is 2.29. The van der Waals surface area contributed by atoms with Gasteiger partial charge < -0.3 is 0 Å². The van der Waals surface area contributed by atoms with Crippen molar-refractivity contribution < 1.29 is 9.18 Å². The molecule has 5 nitrogen and oxygen atoms in total. The highest BCUT2D eigenvalue weighted by molar-refractivity contribution is 8.00. The first-order valence-corrected chi connectivity index (χ1v) is 11.7. The number of halogens is 2. The molecule has 0 spiro atoms. The van der Waals surface area contributed by atoms with Gasteiger partial charge in [0.1, 0.15) is 5.82 Å². The normalized spacial score (nSPS) is 15.7. The zero-order valence-electron chi connectivity index (χ0n) is 17.3. The smallest absolute Gasteiger partial charge is 0.196 e. The lowest BCUT2D eigenvalue weighted by molar-refractivity contribution is 0.0994. The van der Waals surface area contributed by atoms with Crippen molar-refractivity contribution in [1.29, 1.82) is 0 Å². The Morgan fingerprint density at radius 1 is 1.13 bits per heavy atom. The van der Waals surface area contributed by atoms with E-state index in [0.29, 0.717) is 22.3 Å². The molecule has 0 aliphatic carbocycles. The van der Waals surface area contributed by atoms with Crippen LogP contribution in [0.5, 0.6) is 0 Å². The van der Waals surface area contributed by atoms with Gasteiger partial charge in [-0.05, 0) is 69.3 Å². The second-order valence-corrected chi connectivity index (χ2v) is 9.43. The van der Waals surface area contributed by atoms with Crippen molar-refractivity contribution in [2.24, 2.45) is 0 Å². The van der Waals surface area contributed by atoms with E-state index in [0.717, 1.165) is 24.6 Å². The van der Waals surface area contributed by atoms with Gasteiger partial charge in [-0.25, -0.2) is 4.39 Å². The number of aromatic nitrogens is 3. The number of thioether (sulfide) groups is 1. The molecule has 0 saturated carbocycles. The third-order valence-corrected chi connectivity index (χ3v) is 6.64. The molecule has 8 heteroatoms. The third kappa shape index (κ3) is 5.34. The maximum Gasteiger partial charge on any atom is 0.196 e. The molecule has 0 amide bonds. The molecule has 1 aliphatic heterocycles. The fourth-order valence-corrected chi connectivity index (χ4v) is 4.89. The fourth-order valence-electron chi connectivity index (χ4n) is 3.73. The van der Waals surface area contributed by atoms with Crippen LogP contribution in [0.2, 0.25) is 5.02 Å². The number of rotatable bonds is 7. The van der Waals surface area contributed by atoms with Gasteiger partial charge in [0.2, 0.25) is 0 Å². The van der Waals surface area contributed by atoms with Gasteiger partial charge >= 0.3 is 0 Å². The van der Waals surface area contributed by atoms with Crippen LogP contribution in [0.1, 0.15) is 42.4 Å². The number of hydrogen-bond donors (Lipinski definition) is 0. The summed E-state index contributed by atoms with van der Waals surface area (Å²) in [5, 5.41) is 9.58. The van der Waals surface area contributed by atoms with E-state index in [2.05, 4.69) is 15.1 Å². The fraction of sp³-hybridized carbons (Fsp3) is 0.348. The highest BCUT2D eigenvalue weighted by Gasteiger charge is 2.23. The van der Waals surface area contributed by atoms with E-state index in [1.54, 1.807) is 36.4 Å². The van der Waals surface area contributed by atoms with Gasteiger partial charge in [-0.15, -0.1) is 10.2 Å². The monoisotopic (exact) mass is 458 g/mol. The number of piperidine rings is 1. The predicted molar refractivity (Wildman–Crippen MR) is 122 cm³/mol. The summed E-state index contributed by atoms with van der Waals surface area (Å²) in [7, 11) is 0. The second kappa shape index (κ2) is 9.94. The van der Waals surface area contributed by atoms with E-state index in [9.17, 15) is 9.18 Å². The van der Waals surface area contributed by atoms with Crippen molar-refractivity contribution >= 4 is 29.1 Å². The number of Topliss-reactive ketones (excluding diaryl/α,β-unsaturated/α-hetero) is 1. The summed E-state index contributed by atoms with van der Waals surface area (Å²) < 4.78 is 15.5. The number of carbonyl (C=O) groups excluding carboxylic acids is 1. The molecule has 1 aromatic heterocycles. The van der Waals surface area contributed by atoms with Crippen LogP contribution in [0, 0.1) is 5.82 Å². The van der Waals surface area contributed by atoms with E-state index in [1.165, 1.54) is 43.2 Å². The standard InChI is InChI=1S/C23H24ClFN4OS/c1-16(22(30)17-6-5-7-18(24)14-17)31-23-27-26-21(15-28-12-3-2-4-13-28)29(23)20-10-8-19(25)9-11-20/h5-11,14,16H,2-4,12-13,15H2,1H3. The van der Waals surface area contributed by atoms with Gasteiger partial charge in [0, 0.05) is 16.3 Å². The quantitative estimate of drug-likeness (QED) is 0.350. The molecule has 0 radical (unpaired) electrons. The predicted octanol–water partition coefficient (Wildman–Crippen LogP) is 5.41. The zero-order valence-corrected chi connectivity index (χ0v) is 18.9. The third-order valence-electron chi connectivity index (χ3n) is 5.36. The lowest BCUT2D eigenvalue weighted by Gasteiger charge is -2.26. The van der Waals surface area contributed by atoms with Gasteiger partial charge in [0.15, 0.2) is 16.8 Å². The molecular formula is C23H24ClFN4OS. The lowest BCUT2D eigenvalue weighted by Crippen LogP contribution is -2.30. The summed E-state index contributed by atoms with van der Waals surface area (Å²) in [6.07, 6.45) is 3.61. The molecule has 4 rings (SSSR count). The molecule has 162 valence electrons. The molecule has 0 N–H and O–H groups in total. The van der Waals surface area contributed by atoms with E-state index in [1.807, 2.05) is 11.5 Å². The Hall–Kier alpha value is -2.22. The summed E-state index contributed by atoms with van der Waals surface area (Å²) in [5.74, 6) is 0.463. The average molecular weight is 459 g/mol. The lowest BCUT2D eigenvalue weighted by atomic mass is 10.1. The highest BCUT2D eigenvalue weighted by atomic mass is 35.5. The Morgan fingerprint density at radius 3 is 2.58 bits per heavy atom. The van der Waals surface area contributed by atoms with Crippen molar-refractivity contribution in [1.82, 2.24) is 19.7 Å². The Bertz CT molecular complexity index is 1050. The summed E-state index contributed by atoms with van der Waals surface area (Å²) in [4.78, 5) is 15.3. The van der Waals surface area contributed by atoms with Crippen LogP contribution in [0.4, 0.5) is 4.39 Å². The summed E-state index contributed by atoms with van der Waals surface area (Å²) in [6.45, 7) is 4.58. The Morgan fingerprint density at radius 2 is 1.87 bits per heavy atom. The minimum absolute atomic E-state index is 0.0289. The molecule has 1 saturated heterocycles. The Kier molecular flexibility index (Phi) is 7.05. The van der Waals surface area contributed by atoms with Crippen molar-refractivity contribution in [2.45, 2.75) is 43.1 Å². The van der Waals surface area contributed by atoms with Crippen molar-refractivity contribution in [2.75, 3.05) is 13.1 Å². The summed E-state index contributed by atoms with van der Waals surface area (Å²) in [5.41, 5.74) is 1.34. The van der Waals surface area contributed by atoms with Crippen LogP contribution < -0.4 is 0 Å². The van der Waals surface area contributed by atoms with Crippen LogP contribution in [-0.2, 0) is 6.54 Å². The second-order valence-electron chi connectivity index (χ2n) is 7.68. The SMILES string of the molecule is CC(Sc1nnc(CN2CCCCC2)n1-c1ccc(F)cc1)C(=O)c1cccc(Cl)c1. The first-order valence-electron chi connectivity index (χ1n) is 10.4. The molecule has 3 aromatic rings. The van der Waals surface area contributed by atoms with Crippen LogP contribution in [0.15, 0.2) is 53.7 Å². The maximum absolute atomic E-state index is 13.5. The largest absolute Gasteiger partial charge is 0.296 e. The number of nitrogens with zero attached hydrogens (tertiary/aromatic N) is 4. The molecule has 31 heavy (non-hydrogen) atoms. The maximum atomic E-state index is 13.5. The number of benzene rings is 2. The average Bonchev–Trinajstić information content (AvgIpc) is 3.16. The molecular weight excluding hydrogens is 435 g/mol. The van der Waals surface area contributed by atoms with E-state index in [-0.39, 0.29) is 16.9 Å². The molecule has 1 unspecified atom stereocenters.